The SMILES string of the molecule is N#C[C@@H]1C=Cc2ccccc2[C@@H]1C(=O)/C=C\c1ccccc1. The Hall–Kier alpha value is -2.92. The summed E-state index contributed by atoms with van der Waals surface area (Å²) in [4.78, 5) is 12.6. The summed E-state index contributed by atoms with van der Waals surface area (Å²) >= 11 is 0. The van der Waals surface area contributed by atoms with Crippen LogP contribution >= 0.6 is 0 Å². The summed E-state index contributed by atoms with van der Waals surface area (Å²) in [5.41, 5.74) is 2.92. The Bertz CT molecular complexity index is 781. The van der Waals surface area contributed by atoms with Gasteiger partial charge in [0, 0.05) is 0 Å². The largest absolute Gasteiger partial charge is 0.294 e. The highest BCUT2D eigenvalue weighted by atomic mass is 16.1. The van der Waals surface area contributed by atoms with Gasteiger partial charge in [-0.2, -0.15) is 5.26 Å². The Balaban J connectivity index is 1.92. The third kappa shape index (κ3) is 2.75. The normalized spacial score (nSPS) is 19.6. The summed E-state index contributed by atoms with van der Waals surface area (Å²) in [5, 5.41) is 9.34. The molecule has 0 amide bonds. The number of nitrogens with zero attached hydrogens (tertiary/aromatic N) is 1. The van der Waals surface area contributed by atoms with Crippen LogP contribution in [0.3, 0.4) is 0 Å². The summed E-state index contributed by atoms with van der Waals surface area (Å²) < 4.78 is 0. The minimum atomic E-state index is -0.425. The third-order valence-electron chi connectivity index (χ3n) is 3.87. The molecular weight excluding hydrogens is 270 g/mol. The fourth-order valence-electron chi connectivity index (χ4n) is 2.75. The van der Waals surface area contributed by atoms with Crippen LogP contribution in [0, 0.1) is 17.2 Å². The van der Waals surface area contributed by atoms with Crippen LogP contribution in [0.2, 0.25) is 0 Å². The van der Waals surface area contributed by atoms with Crippen LogP contribution in [-0.4, -0.2) is 5.78 Å². The molecule has 2 nitrogen and oxygen atoms in total. The van der Waals surface area contributed by atoms with Gasteiger partial charge in [0.15, 0.2) is 5.78 Å². The van der Waals surface area contributed by atoms with Gasteiger partial charge in [-0.05, 0) is 22.8 Å². The monoisotopic (exact) mass is 285 g/mol. The Morgan fingerprint density at radius 3 is 2.55 bits per heavy atom. The molecule has 1 aliphatic rings. The minimum Gasteiger partial charge on any atom is -0.294 e. The maximum absolute atomic E-state index is 12.6. The maximum Gasteiger partial charge on any atom is 0.164 e. The van der Waals surface area contributed by atoms with Gasteiger partial charge < -0.3 is 0 Å². The van der Waals surface area contributed by atoms with Crippen molar-refractivity contribution >= 4 is 17.9 Å². The molecule has 3 rings (SSSR count). The number of allylic oxidation sites excluding steroid dienone is 2. The summed E-state index contributed by atoms with van der Waals surface area (Å²) in [5.74, 6) is -0.874. The average molecular weight is 285 g/mol. The molecule has 0 spiro atoms. The summed E-state index contributed by atoms with van der Waals surface area (Å²) in [6.07, 6.45) is 7.13. The van der Waals surface area contributed by atoms with Crippen molar-refractivity contribution in [3.8, 4) is 6.07 Å². The highest BCUT2D eigenvalue weighted by molar-refractivity contribution is 6.00. The van der Waals surface area contributed by atoms with Crippen molar-refractivity contribution in [1.82, 2.24) is 0 Å². The first-order chi connectivity index (χ1) is 10.8. The van der Waals surface area contributed by atoms with Crippen molar-refractivity contribution in [3.05, 3.63) is 83.4 Å². The molecular formula is C20H15NO. The molecule has 2 aromatic rings. The van der Waals surface area contributed by atoms with E-state index in [0.717, 1.165) is 16.7 Å². The molecule has 2 aromatic carbocycles. The van der Waals surface area contributed by atoms with Crippen LogP contribution < -0.4 is 0 Å². The highest BCUT2D eigenvalue weighted by Crippen LogP contribution is 2.34. The van der Waals surface area contributed by atoms with E-state index in [4.69, 9.17) is 0 Å². The van der Waals surface area contributed by atoms with Gasteiger partial charge in [-0.15, -0.1) is 0 Å². The number of hydrogen-bond acceptors (Lipinski definition) is 2. The molecule has 0 aromatic heterocycles. The Labute approximate surface area is 130 Å². The summed E-state index contributed by atoms with van der Waals surface area (Å²) in [7, 11) is 0. The first kappa shape index (κ1) is 14.0. The van der Waals surface area contributed by atoms with E-state index < -0.39 is 11.8 Å². The quantitative estimate of drug-likeness (QED) is 0.792. The van der Waals surface area contributed by atoms with Gasteiger partial charge >= 0.3 is 0 Å². The summed E-state index contributed by atoms with van der Waals surface area (Å²) in [6, 6.07) is 19.7. The number of hydrogen-bond donors (Lipinski definition) is 0. The molecule has 0 saturated heterocycles. The zero-order valence-electron chi connectivity index (χ0n) is 12.0. The van der Waals surface area contributed by atoms with E-state index in [1.165, 1.54) is 0 Å². The number of carbonyl (C=O) groups is 1. The zero-order chi connectivity index (χ0) is 15.4. The molecule has 0 heterocycles. The van der Waals surface area contributed by atoms with Crippen molar-refractivity contribution in [2.45, 2.75) is 5.92 Å². The van der Waals surface area contributed by atoms with Crippen molar-refractivity contribution in [3.63, 3.8) is 0 Å². The lowest BCUT2D eigenvalue weighted by Crippen LogP contribution is -2.21. The molecule has 106 valence electrons. The van der Waals surface area contributed by atoms with Gasteiger partial charge in [-0.25, -0.2) is 0 Å². The average Bonchev–Trinajstić information content (AvgIpc) is 2.59. The van der Waals surface area contributed by atoms with E-state index >= 15 is 0 Å². The van der Waals surface area contributed by atoms with Gasteiger partial charge in [-0.3, -0.25) is 4.79 Å². The topological polar surface area (TPSA) is 40.9 Å². The van der Waals surface area contributed by atoms with Crippen LogP contribution in [0.25, 0.3) is 12.2 Å². The maximum atomic E-state index is 12.6. The predicted molar refractivity (Wildman–Crippen MR) is 87.8 cm³/mol. The van der Waals surface area contributed by atoms with Gasteiger partial charge in [-0.1, -0.05) is 72.8 Å². The Morgan fingerprint density at radius 1 is 1.05 bits per heavy atom. The van der Waals surface area contributed by atoms with Crippen LogP contribution in [0.1, 0.15) is 22.6 Å². The van der Waals surface area contributed by atoms with Gasteiger partial charge in [0.1, 0.15) is 0 Å². The lowest BCUT2D eigenvalue weighted by Gasteiger charge is -2.23. The van der Waals surface area contributed by atoms with Crippen LogP contribution in [0.5, 0.6) is 0 Å². The van der Waals surface area contributed by atoms with Gasteiger partial charge in [0.05, 0.1) is 17.9 Å². The van der Waals surface area contributed by atoms with Crippen LogP contribution in [-0.2, 0) is 4.79 Å². The number of nitriles is 1. The molecule has 0 aliphatic heterocycles. The second-order valence-electron chi connectivity index (χ2n) is 5.27. The van der Waals surface area contributed by atoms with Crippen LogP contribution in [0.4, 0.5) is 0 Å². The smallest absolute Gasteiger partial charge is 0.164 e. The fraction of sp³-hybridized carbons (Fsp3) is 0.100. The zero-order valence-corrected chi connectivity index (χ0v) is 12.0. The molecule has 22 heavy (non-hydrogen) atoms. The summed E-state index contributed by atoms with van der Waals surface area (Å²) in [6.45, 7) is 0. The Kier molecular flexibility index (Phi) is 3.98. The van der Waals surface area contributed by atoms with E-state index in [-0.39, 0.29) is 5.78 Å². The highest BCUT2D eigenvalue weighted by Gasteiger charge is 2.30. The number of rotatable bonds is 3. The van der Waals surface area contributed by atoms with Gasteiger partial charge in [0.25, 0.3) is 0 Å². The van der Waals surface area contributed by atoms with Crippen molar-refractivity contribution in [2.75, 3.05) is 0 Å². The first-order valence-corrected chi connectivity index (χ1v) is 7.23. The molecule has 1 aliphatic carbocycles. The van der Waals surface area contributed by atoms with Gasteiger partial charge in [0.2, 0.25) is 0 Å². The fourth-order valence-corrected chi connectivity index (χ4v) is 2.75. The molecule has 2 atom stereocenters. The Morgan fingerprint density at radius 2 is 1.77 bits per heavy atom. The molecule has 0 bridgehead atoms. The van der Waals surface area contributed by atoms with Crippen molar-refractivity contribution in [1.29, 1.82) is 5.26 Å². The third-order valence-corrected chi connectivity index (χ3v) is 3.87. The van der Waals surface area contributed by atoms with E-state index in [0.29, 0.717) is 0 Å². The lowest BCUT2D eigenvalue weighted by atomic mass is 9.77. The number of fused-ring (bicyclic) bond motifs is 1. The second-order valence-corrected chi connectivity index (χ2v) is 5.27. The molecule has 0 unspecified atom stereocenters. The standard InChI is InChI=1S/C20H15NO/c21-14-17-12-11-16-8-4-5-9-18(16)20(17)19(22)13-10-15-6-2-1-3-7-15/h1-13,17,20H/b13-10-/t17-,20+/m0/s1. The van der Waals surface area contributed by atoms with Crippen molar-refractivity contribution < 1.29 is 4.79 Å². The van der Waals surface area contributed by atoms with E-state index in [1.807, 2.05) is 66.7 Å². The first-order valence-electron chi connectivity index (χ1n) is 7.23. The minimum absolute atomic E-state index is 0.0350. The molecule has 0 fully saturated rings. The molecule has 2 heteroatoms. The number of carbonyl (C=O) groups excluding carboxylic acids is 1. The number of ketones is 1. The molecule has 0 N–H and O–H groups in total. The number of benzene rings is 2. The van der Waals surface area contributed by atoms with Crippen molar-refractivity contribution in [2.24, 2.45) is 5.92 Å². The van der Waals surface area contributed by atoms with Crippen LogP contribution in [0.15, 0.2) is 66.7 Å². The van der Waals surface area contributed by atoms with E-state index in [2.05, 4.69) is 6.07 Å². The predicted octanol–water partition coefficient (Wildman–Crippen LogP) is 4.22. The second kappa shape index (κ2) is 6.24. The van der Waals surface area contributed by atoms with E-state index in [1.54, 1.807) is 12.2 Å². The lowest BCUT2D eigenvalue weighted by molar-refractivity contribution is -0.116. The molecule has 0 saturated carbocycles. The molecule has 0 radical (unpaired) electrons. The van der Waals surface area contributed by atoms with E-state index in [9.17, 15) is 10.1 Å².